The number of hydrogen-bond acceptors (Lipinski definition) is 4. The molecule has 5 heteroatoms. The van der Waals surface area contributed by atoms with Crippen molar-refractivity contribution in [2.24, 2.45) is 0 Å². The van der Waals surface area contributed by atoms with Gasteiger partial charge in [0, 0.05) is 10.6 Å². The molecule has 1 heterocycles. The van der Waals surface area contributed by atoms with Crippen LogP contribution < -0.4 is 5.32 Å². The van der Waals surface area contributed by atoms with E-state index in [0.29, 0.717) is 5.69 Å². The monoisotopic (exact) mass is 249 g/mol. The van der Waals surface area contributed by atoms with Gasteiger partial charge in [0.15, 0.2) is 11.6 Å². The van der Waals surface area contributed by atoms with Gasteiger partial charge in [0.2, 0.25) is 0 Å². The lowest BCUT2D eigenvalue weighted by Gasteiger charge is -2.08. The zero-order chi connectivity index (χ0) is 12.3. The second-order valence-electron chi connectivity index (χ2n) is 3.48. The summed E-state index contributed by atoms with van der Waals surface area (Å²) < 4.78 is 13.7. The van der Waals surface area contributed by atoms with E-state index in [-0.39, 0.29) is 5.82 Å². The summed E-state index contributed by atoms with van der Waals surface area (Å²) in [7, 11) is 0. The third-order valence-corrected chi connectivity index (χ3v) is 3.02. The molecule has 1 aromatic heterocycles. The van der Waals surface area contributed by atoms with E-state index in [2.05, 4.69) is 15.3 Å². The molecule has 2 aromatic rings. The molecule has 0 atom stereocenters. The molecule has 0 amide bonds. The van der Waals surface area contributed by atoms with Crippen LogP contribution in [0.1, 0.15) is 5.69 Å². The molecular weight excluding hydrogens is 237 g/mol. The molecule has 0 aliphatic heterocycles. The van der Waals surface area contributed by atoms with Crippen LogP contribution in [0.5, 0.6) is 0 Å². The van der Waals surface area contributed by atoms with Crippen LogP contribution in [-0.2, 0) is 0 Å². The van der Waals surface area contributed by atoms with Gasteiger partial charge in [-0.25, -0.2) is 14.4 Å². The molecule has 0 radical (unpaired) electrons. The second kappa shape index (κ2) is 5.14. The van der Waals surface area contributed by atoms with Gasteiger partial charge >= 0.3 is 0 Å². The van der Waals surface area contributed by atoms with Crippen LogP contribution in [0.2, 0.25) is 0 Å². The predicted molar refractivity (Wildman–Crippen MR) is 68.2 cm³/mol. The van der Waals surface area contributed by atoms with Gasteiger partial charge in [0.1, 0.15) is 6.33 Å². The summed E-state index contributed by atoms with van der Waals surface area (Å²) in [6, 6.07) is 7.73. The van der Waals surface area contributed by atoms with Gasteiger partial charge in [-0.1, -0.05) is 6.07 Å². The standard InChI is InChI=1S/C12H12FN3S/c1-8-11(13)12(15-7-14-8)16-9-4-3-5-10(6-9)17-2/h3-7H,1-2H3,(H,14,15,16). The summed E-state index contributed by atoms with van der Waals surface area (Å²) in [5.41, 5.74) is 1.15. The Hall–Kier alpha value is -1.62. The lowest BCUT2D eigenvalue weighted by molar-refractivity contribution is 0.607. The SMILES string of the molecule is CSc1cccc(Nc2ncnc(C)c2F)c1. The first-order valence-electron chi connectivity index (χ1n) is 5.09. The van der Waals surface area contributed by atoms with Crippen LogP contribution >= 0.6 is 11.8 Å². The first kappa shape index (κ1) is 11.9. The van der Waals surface area contributed by atoms with Gasteiger partial charge in [0.05, 0.1) is 5.69 Å². The number of thioether (sulfide) groups is 1. The Labute approximate surface area is 103 Å². The number of hydrogen-bond donors (Lipinski definition) is 1. The van der Waals surface area contributed by atoms with Crippen molar-refractivity contribution in [2.75, 3.05) is 11.6 Å². The Balaban J connectivity index is 2.28. The third-order valence-electron chi connectivity index (χ3n) is 2.30. The molecule has 0 spiro atoms. The van der Waals surface area contributed by atoms with Crippen molar-refractivity contribution in [3.05, 3.63) is 42.1 Å². The van der Waals surface area contributed by atoms with Crippen LogP contribution in [0.25, 0.3) is 0 Å². The van der Waals surface area contributed by atoms with Crippen molar-refractivity contribution in [1.82, 2.24) is 9.97 Å². The maximum atomic E-state index is 13.7. The maximum Gasteiger partial charge on any atom is 0.186 e. The first-order chi connectivity index (χ1) is 8.20. The van der Waals surface area contributed by atoms with Crippen LogP contribution in [0, 0.1) is 12.7 Å². The molecule has 0 saturated heterocycles. The lowest BCUT2D eigenvalue weighted by Crippen LogP contribution is -2.00. The Bertz CT molecular complexity index is 531. The normalized spacial score (nSPS) is 10.3. The number of nitrogens with one attached hydrogen (secondary N) is 1. The van der Waals surface area contributed by atoms with Crippen LogP contribution in [0.3, 0.4) is 0 Å². The smallest absolute Gasteiger partial charge is 0.186 e. The molecule has 88 valence electrons. The van der Waals surface area contributed by atoms with Crippen molar-refractivity contribution in [2.45, 2.75) is 11.8 Å². The van der Waals surface area contributed by atoms with Gasteiger partial charge in [0.25, 0.3) is 0 Å². The minimum atomic E-state index is -0.415. The second-order valence-corrected chi connectivity index (χ2v) is 4.36. The van der Waals surface area contributed by atoms with Gasteiger partial charge in [-0.2, -0.15) is 0 Å². The fraction of sp³-hybridized carbons (Fsp3) is 0.167. The number of benzene rings is 1. The van der Waals surface area contributed by atoms with Crippen molar-refractivity contribution in [3.63, 3.8) is 0 Å². The Morgan fingerprint density at radius 3 is 2.88 bits per heavy atom. The van der Waals surface area contributed by atoms with E-state index in [1.165, 1.54) is 6.33 Å². The van der Waals surface area contributed by atoms with Gasteiger partial charge in [-0.3, -0.25) is 0 Å². The quantitative estimate of drug-likeness (QED) is 0.846. The molecular formula is C12H12FN3S. The van der Waals surface area contributed by atoms with Crippen LogP contribution in [0.15, 0.2) is 35.5 Å². The molecule has 2 rings (SSSR count). The van der Waals surface area contributed by atoms with Crippen molar-refractivity contribution in [3.8, 4) is 0 Å². The highest BCUT2D eigenvalue weighted by molar-refractivity contribution is 7.98. The molecule has 1 N–H and O–H groups in total. The first-order valence-corrected chi connectivity index (χ1v) is 6.31. The summed E-state index contributed by atoms with van der Waals surface area (Å²) in [5, 5.41) is 2.95. The Morgan fingerprint density at radius 2 is 2.12 bits per heavy atom. The molecule has 3 nitrogen and oxygen atoms in total. The molecule has 0 aliphatic carbocycles. The average Bonchev–Trinajstić information content (AvgIpc) is 2.35. The van der Waals surface area contributed by atoms with E-state index in [0.717, 1.165) is 10.6 Å². The minimum absolute atomic E-state index is 0.204. The van der Waals surface area contributed by atoms with E-state index >= 15 is 0 Å². The van der Waals surface area contributed by atoms with E-state index in [1.54, 1.807) is 18.7 Å². The highest BCUT2D eigenvalue weighted by Crippen LogP contribution is 2.22. The maximum absolute atomic E-state index is 13.7. The average molecular weight is 249 g/mol. The number of aromatic nitrogens is 2. The predicted octanol–water partition coefficient (Wildman–Crippen LogP) is 3.39. The van der Waals surface area contributed by atoms with E-state index < -0.39 is 5.82 Å². The number of anilines is 2. The van der Waals surface area contributed by atoms with E-state index in [4.69, 9.17) is 0 Å². The Morgan fingerprint density at radius 1 is 1.29 bits per heavy atom. The topological polar surface area (TPSA) is 37.8 Å². The number of rotatable bonds is 3. The molecule has 0 bridgehead atoms. The molecule has 1 aromatic carbocycles. The van der Waals surface area contributed by atoms with Crippen molar-refractivity contribution < 1.29 is 4.39 Å². The molecule has 0 unspecified atom stereocenters. The van der Waals surface area contributed by atoms with E-state index in [9.17, 15) is 4.39 Å². The van der Waals surface area contributed by atoms with Crippen LogP contribution in [0.4, 0.5) is 15.9 Å². The fourth-order valence-corrected chi connectivity index (χ4v) is 1.84. The van der Waals surface area contributed by atoms with Crippen LogP contribution in [-0.4, -0.2) is 16.2 Å². The van der Waals surface area contributed by atoms with Gasteiger partial charge in [-0.15, -0.1) is 11.8 Å². The van der Waals surface area contributed by atoms with Crippen molar-refractivity contribution >= 4 is 23.3 Å². The number of nitrogens with zero attached hydrogens (tertiary/aromatic N) is 2. The summed E-state index contributed by atoms with van der Waals surface area (Å²) in [6.07, 6.45) is 3.34. The van der Waals surface area contributed by atoms with Gasteiger partial charge in [-0.05, 0) is 31.4 Å². The van der Waals surface area contributed by atoms with Gasteiger partial charge < -0.3 is 5.32 Å². The van der Waals surface area contributed by atoms with E-state index in [1.807, 2.05) is 30.5 Å². The molecule has 0 saturated carbocycles. The number of halogens is 1. The summed E-state index contributed by atoms with van der Waals surface area (Å²) in [6.45, 7) is 1.61. The highest BCUT2D eigenvalue weighted by atomic mass is 32.2. The molecule has 17 heavy (non-hydrogen) atoms. The minimum Gasteiger partial charge on any atom is -0.338 e. The summed E-state index contributed by atoms with van der Waals surface area (Å²) >= 11 is 1.63. The molecule has 0 fully saturated rings. The Kier molecular flexibility index (Phi) is 3.58. The van der Waals surface area contributed by atoms with Crippen molar-refractivity contribution in [1.29, 1.82) is 0 Å². The zero-order valence-corrected chi connectivity index (χ0v) is 10.4. The fourth-order valence-electron chi connectivity index (χ4n) is 1.38. The number of aryl methyl sites for hydroxylation is 1. The molecule has 0 aliphatic rings. The largest absolute Gasteiger partial charge is 0.338 e. The zero-order valence-electron chi connectivity index (χ0n) is 9.57. The summed E-state index contributed by atoms with van der Waals surface area (Å²) in [4.78, 5) is 8.78. The highest BCUT2D eigenvalue weighted by Gasteiger charge is 2.07. The third kappa shape index (κ3) is 2.74. The lowest BCUT2D eigenvalue weighted by atomic mass is 10.3. The summed E-state index contributed by atoms with van der Waals surface area (Å²) in [5.74, 6) is -0.210.